The first kappa shape index (κ1) is 25.9. The maximum Gasteiger partial charge on any atom is 0.417 e. The molecule has 4 rings (SSSR count). The van der Waals surface area contributed by atoms with Gasteiger partial charge in [-0.25, -0.2) is 15.0 Å². The van der Waals surface area contributed by atoms with E-state index < -0.39 is 17.8 Å². The molecule has 2 atom stereocenters. The van der Waals surface area contributed by atoms with Gasteiger partial charge in [-0.1, -0.05) is 0 Å². The van der Waals surface area contributed by atoms with Gasteiger partial charge in [0.15, 0.2) is 0 Å². The molecule has 37 heavy (non-hydrogen) atoms. The van der Waals surface area contributed by atoms with Crippen LogP contribution >= 0.6 is 0 Å². The van der Waals surface area contributed by atoms with Gasteiger partial charge < -0.3 is 20.9 Å². The summed E-state index contributed by atoms with van der Waals surface area (Å²) in [7, 11) is 0. The van der Waals surface area contributed by atoms with E-state index in [-0.39, 0.29) is 52.5 Å². The number of carbonyl (C=O) groups is 1. The van der Waals surface area contributed by atoms with Gasteiger partial charge in [0.05, 0.1) is 41.5 Å². The summed E-state index contributed by atoms with van der Waals surface area (Å²) in [4.78, 5) is 29.4. The Morgan fingerprint density at radius 1 is 1.30 bits per heavy atom. The fraction of sp³-hybridized carbons (Fsp3) is 0.417. The Labute approximate surface area is 210 Å². The molecular weight excluding hydrogens is 487 g/mol. The molecule has 0 spiro atoms. The summed E-state index contributed by atoms with van der Waals surface area (Å²) >= 11 is 0. The van der Waals surface area contributed by atoms with Crippen molar-refractivity contribution in [2.45, 2.75) is 44.4 Å². The summed E-state index contributed by atoms with van der Waals surface area (Å²) in [6, 6.07) is 3.97. The number of hydrogen-bond acceptors (Lipinski definition) is 8. The van der Waals surface area contributed by atoms with Crippen LogP contribution in [0, 0.1) is 28.6 Å². The number of nitriles is 2. The number of likely N-dealkylation sites (tertiary alicyclic amines) is 1. The van der Waals surface area contributed by atoms with Crippen molar-refractivity contribution in [2.75, 3.05) is 18.4 Å². The largest absolute Gasteiger partial charge is 0.417 e. The fourth-order valence-electron chi connectivity index (χ4n) is 4.45. The first-order chi connectivity index (χ1) is 17.6. The van der Waals surface area contributed by atoms with E-state index in [1.807, 2.05) is 19.1 Å². The molecule has 1 fully saturated rings. The first-order valence-electron chi connectivity index (χ1n) is 11.6. The molecule has 1 aliphatic heterocycles. The standard InChI is InChI=1S/C24H24F3N9O/c1-13(14-3-6-36(7-4-14)22(37)19(30)2-5-28)34-23-33-10-15(9-29)20(35-23)18-12-32-21-17(18)8-16(11-31-21)24(25,26)27/h8,10-14,19H,2-4,6-7,30H2,1H3,(H,31,32)(H,33,34,35)/t13-,19+/m1/s1. The first-order valence-corrected chi connectivity index (χ1v) is 11.6. The molecular formula is C24H24F3N9O. The Bertz CT molecular complexity index is 1380. The van der Waals surface area contributed by atoms with Crippen molar-refractivity contribution in [1.82, 2.24) is 24.8 Å². The second-order valence-corrected chi connectivity index (χ2v) is 8.95. The van der Waals surface area contributed by atoms with Gasteiger partial charge in [0, 0.05) is 42.5 Å². The number of alkyl halides is 3. The summed E-state index contributed by atoms with van der Waals surface area (Å²) < 4.78 is 39.7. The molecule has 3 aromatic rings. The predicted molar refractivity (Wildman–Crippen MR) is 127 cm³/mol. The van der Waals surface area contributed by atoms with Gasteiger partial charge in [0.2, 0.25) is 11.9 Å². The summed E-state index contributed by atoms with van der Waals surface area (Å²) in [6.07, 6.45) is 0.362. The Morgan fingerprint density at radius 3 is 2.68 bits per heavy atom. The minimum Gasteiger partial charge on any atom is -0.351 e. The second kappa shape index (κ2) is 10.4. The number of pyridine rings is 1. The quantitative estimate of drug-likeness (QED) is 0.455. The van der Waals surface area contributed by atoms with Gasteiger partial charge in [-0.3, -0.25) is 4.79 Å². The van der Waals surface area contributed by atoms with Gasteiger partial charge >= 0.3 is 6.18 Å². The number of carbonyl (C=O) groups excluding carboxylic acids is 1. The van der Waals surface area contributed by atoms with Crippen molar-refractivity contribution >= 4 is 22.9 Å². The van der Waals surface area contributed by atoms with E-state index in [4.69, 9.17) is 11.0 Å². The van der Waals surface area contributed by atoms with Crippen LogP contribution in [-0.2, 0) is 11.0 Å². The lowest BCUT2D eigenvalue weighted by Crippen LogP contribution is -2.48. The second-order valence-electron chi connectivity index (χ2n) is 8.95. The zero-order chi connectivity index (χ0) is 26.7. The highest BCUT2D eigenvalue weighted by Gasteiger charge is 2.32. The van der Waals surface area contributed by atoms with Crippen LogP contribution in [0.5, 0.6) is 0 Å². The van der Waals surface area contributed by atoms with E-state index in [1.54, 1.807) is 4.90 Å². The molecule has 1 amide bonds. The monoisotopic (exact) mass is 511 g/mol. The number of anilines is 1. The van der Waals surface area contributed by atoms with Crippen molar-refractivity contribution in [3.05, 3.63) is 35.8 Å². The van der Waals surface area contributed by atoms with E-state index in [9.17, 15) is 23.2 Å². The number of aromatic nitrogens is 4. The molecule has 0 bridgehead atoms. The molecule has 4 heterocycles. The van der Waals surface area contributed by atoms with Gasteiger partial charge in [-0.05, 0) is 31.7 Å². The highest BCUT2D eigenvalue weighted by atomic mass is 19.4. The lowest BCUT2D eigenvalue weighted by Gasteiger charge is -2.36. The number of halogens is 3. The summed E-state index contributed by atoms with van der Waals surface area (Å²) in [6.45, 7) is 2.98. The molecule has 10 nitrogen and oxygen atoms in total. The average Bonchev–Trinajstić information content (AvgIpc) is 3.31. The minimum atomic E-state index is -4.57. The minimum absolute atomic E-state index is 0.0287. The van der Waals surface area contributed by atoms with Crippen LogP contribution in [0.15, 0.2) is 24.7 Å². The molecule has 0 radical (unpaired) electrons. The maximum absolute atomic E-state index is 13.2. The van der Waals surface area contributed by atoms with Gasteiger partial charge in [0.25, 0.3) is 0 Å². The van der Waals surface area contributed by atoms with Crippen LogP contribution < -0.4 is 11.1 Å². The van der Waals surface area contributed by atoms with Crippen LogP contribution in [0.2, 0.25) is 0 Å². The van der Waals surface area contributed by atoms with E-state index in [1.165, 1.54) is 12.4 Å². The summed E-state index contributed by atoms with van der Waals surface area (Å²) in [5.41, 5.74) is 5.71. The topological polar surface area (TPSA) is 160 Å². The van der Waals surface area contributed by atoms with E-state index in [2.05, 4.69) is 25.3 Å². The van der Waals surface area contributed by atoms with Gasteiger partial charge in [0.1, 0.15) is 11.7 Å². The summed E-state index contributed by atoms with van der Waals surface area (Å²) in [5.74, 6) is 0.179. The molecule has 192 valence electrons. The van der Waals surface area contributed by atoms with Crippen LogP contribution in [0.25, 0.3) is 22.3 Å². The van der Waals surface area contributed by atoms with Crippen molar-refractivity contribution < 1.29 is 18.0 Å². The lowest BCUT2D eigenvalue weighted by atomic mass is 9.90. The van der Waals surface area contributed by atoms with E-state index in [0.717, 1.165) is 12.3 Å². The Balaban J connectivity index is 1.52. The van der Waals surface area contributed by atoms with Crippen LogP contribution in [0.1, 0.15) is 37.3 Å². The number of nitrogens with zero attached hydrogens (tertiary/aromatic N) is 6. The highest BCUT2D eigenvalue weighted by Crippen LogP contribution is 2.35. The number of H-pyrrole nitrogens is 1. The fourth-order valence-corrected chi connectivity index (χ4v) is 4.45. The maximum atomic E-state index is 13.2. The SMILES string of the molecule is C[C@@H](Nc1ncc(C#N)c(-c2c[nH]c3ncc(C(F)(F)F)cc23)n1)C1CCN(C(=O)[C@@H](N)CC#N)CC1. The number of nitrogens with two attached hydrogens (primary N) is 1. The average molecular weight is 512 g/mol. The molecule has 0 aromatic carbocycles. The number of rotatable bonds is 6. The smallest absolute Gasteiger partial charge is 0.351 e. The predicted octanol–water partition coefficient (Wildman–Crippen LogP) is 3.19. The third-order valence-corrected chi connectivity index (χ3v) is 6.57. The number of aromatic amines is 1. The zero-order valence-electron chi connectivity index (χ0n) is 19.9. The number of amides is 1. The van der Waals surface area contributed by atoms with Crippen molar-refractivity contribution in [2.24, 2.45) is 11.7 Å². The summed E-state index contributed by atoms with van der Waals surface area (Å²) in [5, 5.41) is 21.8. The number of piperidine rings is 1. The molecule has 0 unspecified atom stereocenters. The molecule has 4 N–H and O–H groups in total. The normalized spacial score (nSPS) is 16.1. The van der Waals surface area contributed by atoms with E-state index in [0.29, 0.717) is 31.5 Å². The Hall–Kier alpha value is -4.23. The highest BCUT2D eigenvalue weighted by molar-refractivity contribution is 5.94. The number of hydrogen-bond donors (Lipinski definition) is 3. The van der Waals surface area contributed by atoms with Crippen molar-refractivity contribution in [1.29, 1.82) is 10.5 Å². The van der Waals surface area contributed by atoms with E-state index >= 15 is 0 Å². The molecule has 3 aromatic heterocycles. The molecule has 13 heteroatoms. The Morgan fingerprint density at radius 2 is 2.03 bits per heavy atom. The molecule has 0 aliphatic carbocycles. The zero-order valence-corrected chi connectivity index (χ0v) is 19.9. The van der Waals surface area contributed by atoms with Crippen LogP contribution in [-0.4, -0.2) is 55.9 Å². The van der Waals surface area contributed by atoms with Crippen molar-refractivity contribution in [3.8, 4) is 23.4 Å². The van der Waals surface area contributed by atoms with Gasteiger partial charge in [-0.15, -0.1) is 0 Å². The van der Waals surface area contributed by atoms with Crippen molar-refractivity contribution in [3.63, 3.8) is 0 Å². The Kier molecular flexibility index (Phi) is 7.27. The molecule has 1 aliphatic rings. The lowest BCUT2D eigenvalue weighted by molar-refractivity contribution is -0.137. The number of nitrogens with one attached hydrogen (secondary N) is 2. The van der Waals surface area contributed by atoms with Crippen LogP contribution in [0.4, 0.5) is 19.1 Å². The third-order valence-electron chi connectivity index (χ3n) is 6.57. The van der Waals surface area contributed by atoms with Crippen LogP contribution in [0.3, 0.4) is 0 Å². The number of fused-ring (bicyclic) bond motifs is 1. The van der Waals surface area contributed by atoms with Gasteiger partial charge in [-0.2, -0.15) is 23.7 Å². The third kappa shape index (κ3) is 5.47. The molecule has 0 saturated carbocycles. The molecule has 1 saturated heterocycles.